The minimum atomic E-state index is -4.25. The Labute approximate surface area is 197 Å². The molecule has 0 aromatic heterocycles. The van der Waals surface area contributed by atoms with Gasteiger partial charge in [-0.1, -0.05) is 54.6 Å². The molecule has 0 saturated carbocycles. The van der Waals surface area contributed by atoms with Crippen LogP contribution < -0.4 is 5.32 Å². The maximum Gasteiger partial charge on any atom is 0.321 e. The van der Waals surface area contributed by atoms with Gasteiger partial charge in [-0.05, 0) is 38.3 Å². The zero-order valence-electron chi connectivity index (χ0n) is 17.2. The van der Waals surface area contributed by atoms with Gasteiger partial charge >= 0.3 is 5.97 Å². The summed E-state index contributed by atoms with van der Waals surface area (Å²) in [4.78, 5) is 38.7. The number of carbonyl (C=O) groups is 3. The molecule has 3 aromatic rings. The Hall–Kier alpha value is -3.08. The molecule has 10 heteroatoms. The number of benzene rings is 3. The van der Waals surface area contributed by atoms with E-state index in [1.165, 1.54) is 18.2 Å². The molecule has 1 N–H and O–H groups in total. The fourth-order valence-corrected chi connectivity index (χ4v) is 7.33. The van der Waals surface area contributed by atoms with Gasteiger partial charge in [-0.2, -0.15) is 4.31 Å². The number of ether oxygens (including phenoxy) is 1. The molecule has 33 heavy (non-hydrogen) atoms. The van der Waals surface area contributed by atoms with Gasteiger partial charge in [0.25, 0.3) is 5.91 Å². The van der Waals surface area contributed by atoms with E-state index in [1.54, 1.807) is 12.1 Å². The van der Waals surface area contributed by atoms with E-state index >= 15 is 0 Å². The average Bonchev–Trinajstić information content (AvgIpc) is 3.18. The molecule has 1 fully saturated rings. The molecule has 0 bridgehead atoms. The predicted octanol–water partition coefficient (Wildman–Crippen LogP) is 2.45. The minimum absolute atomic E-state index is 0.0701. The van der Waals surface area contributed by atoms with Crippen LogP contribution in [0.3, 0.4) is 0 Å². The first-order valence-corrected chi connectivity index (χ1v) is 12.2. The lowest BCUT2D eigenvalue weighted by atomic mass is 9.79. The number of halogens is 1. The number of fused-ring (bicyclic) bond motifs is 3. The Morgan fingerprint density at radius 3 is 2.55 bits per heavy atom. The lowest BCUT2D eigenvalue weighted by Crippen LogP contribution is -2.54. The highest BCUT2D eigenvalue weighted by Crippen LogP contribution is 2.52. The van der Waals surface area contributed by atoms with Gasteiger partial charge in [-0.25, -0.2) is 8.42 Å². The standard InChI is InChI=1S/C23H17BrN2O6S/c1-32-21(28)18-20(27)25-22(29)23(18)16-8-4-5-9-17(16)33(30,31)26(23)12-14-11-10-13-6-2-3-7-15(13)19(14)24/h2-11,18H,12H2,1H3,(H,25,27,29). The molecule has 2 aliphatic heterocycles. The Morgan fingerprint density at radius 2 is 1.79 bits per heavy atom. The molecule has 2 aliphatic rings. The summed E-state index contributed by atoms with van der Waals surface area (Å²) < 4.78 is 33.8. The number of esters is 1. The van der Waals surface area contributed by atoms with Gasteiger partial charge in [0, 0.05) is 16.6 Å². The summed E-state index contributed by atoms with van der Waals surface area (Å²) in [5.74, 6) is -4.46. The van der Waals surface area contributed by atoms with E-state index in [0.717, 1.165) is 22.2 Å². The lowest BCUT2D eigenvalue weighted by molar-refractivity contribution is -0.154. The number of imide groups is 1. The maximum absolute atomic E-state index is 13.7. The van der Waals surface area contributed by atoms with Crippen LogP contribution in [0.15, 0.2) is 70.0 Å². The van der Waals surface area contributed by atoms with Crippen molar-refractivity contribution in [1.29, 1.82) is 0 Å². The summed E-state index contributed by atoms with van der Waals surface area (Å²) in [6.45, 7) is -0.253. The molecule has 0 aliphatic carbocycles. The first-order chi connectivity index (χ1) is 15.7. The molecule has 5 rings (SSSR count). The zero-order chi connectivity index (χ0) is 23.5. The number of amides is 2. The van der Waals surface area contributed by atoms with E-state index in [1.807, 2.05) is 30.3 Å². The molecule has 0 radical (unpaired) electrons. The van der Waals surface area contributed by atoms with E-state index in [9.17, 15) is 22.8 Å². The number of rotatable bonds is 3. The van der Waals surface area contributed by atoms with Crippen LogP contribution in [0.4, 0.5) is 0 Å². The normalized spacial score (nSPS) is 23.6. The van der Waals surface area contributed by atoms with Crippen LogP contribution in [-0.4, -0.2) is 37.6 Å². The number of nitrogens with zero attached hydrogens (tertiary/aromatic N) is 1. The maximum atomic E-state index is 13.7. The number of hydrogen-bond donors (Lipinski definition) is 1. The van der Waals surface area contributed by atoms with Crippen molar-refractivity contribution < 1.29 is 27.5 Å². The summed E-state index contributed by atoms with van der Waals surface area (Å²) in [5, 5.41) is 3.95. The quantitative estimate of drug-likeness (QED) is 0.317. The molecule has 8 nitrogen and oxygen atoms in total. The monoisotopic (exact) mass is 528 g/mol. The fraction of sp³-hybridized carbons (Fsp3) is 0.174. The van der Waals surface area contributed by atoms with Crippen LogP contribution in [0, 0.1) is 5.92 Å². The second-order valence-corrected chi connectivity index (χ2v) is 10.4. The van der Waals surface area contributed by atoms with Crippen LogP contribution in [0.1, 0.15) is 11.1 Å². The number of hydrogen-bond acceptors (Lipinski definition) is 6. The van der Waals surface area contributed by atoms with Gasteiger partial charge in [0.2, 0.25) is 15.9 Å². The molecular weight excluding hydrogens is 512 g/mol. The van der Waals surface area contributed by atoms with Crippen molar-refractivity contribution in [3.8, 4) is 0 Å². The van der Waals surface area contributed by atoms with E-state index < -0.39 is 39.3 Å². The number of sulfonamides is 1. The highest BCUT2D eigenvalue weighted by molar-refractivity contribution is 9.10. The molecule has 168 valence electrons. The van der Waals surface area contributed by atoms with Gasteiger partial charge in [0.15, 0.2) is 11.5 Å². The molecule has 2 amide bonds. The Morgan fingerprint density at radius 1 is 1.09 bits per heavy atom. The van der Waals surface area contributed by atoms with Gasteiger partial charge in [0.05, 0.1) is 12.0 Å². The van der Waals surface area contributed by atoms with Crippen LogP contribution in [0.25, 0.3) is 10.8 Å². The van der Waals surface area contributed by atoms with Crippen molar-refractivity contribution in [3.63, 3.8) is 0 Å². The molecule has 1 saturated heterocycles. The second-order valence-electron chi connectivity index (χ2n) is 7.81. The average molecular weight is 529 g/mol. The highest BCUT2D eigenvalue weighted by atomic mass is 79.9. The van der Waals surface area contributed by atoms with Crippen molar-refractivity contribution in [2.45, 2.75) is 17.0 Å². The molecule has 2 unspecified atom stereocenters. The summed E-state index contributed by atoms with van der Waals surface area (Å²) in [6, 6.07) is 17.1. The van der Waals surface area contributed by atoms with Crippen molar-refractivity contribution in [3.05, 3.63) is 76.3 Å². The van der Waals surface area contributed by atoms with Crippen LogP contribution >= 0.6 is 15.9 Å². The van der Waals surface area contributed by atoms with Gasteiger partial charge < -0.3 is 4.74 Å². The second kappa shape index (κ2) is 7.47. The molecular formula is C23H17BrN2O6S. The van der Waals surface area contributed by atoms with Crippen molar-refractivity contribution in [2.24, 2.45) is 5.92 Å². The summed E-state index contributed by atoms with van der Waals surface area (Å²) in [5.41, 5.74) is -1.45. The molecule has 1 spiro atoms. The molecule has 2 atom stereocenters. The summed E-state index contributed by atoms with van der Waals surface area (Å²) in [6.07, 6.45) is 0. The van der Waals surface area contributed by atoms with Gasteiger partial charge in [-0.3, -0.25) is 19.7 Å². The number of methoxy groups -OCH3 is 1. The summed E-state index contributed by atoms with van der Waals surface area (Å²) >= 11 is 3.56. The third-order valence-corrected chi connectivity index (χ3v) is 9.06. The first-order valence-electron chi connectivity index (χ1n) is 9.96. The van der Waals surface area contributed by atoms with Crippen LogP contribution in [0.5, 0.6) is 0 Å². The Kier molecular flexibility index (Phi) is 4.93. The molecule has 3 aromatic carbocycles. The number of nitrogens with one attached hydrogen (secondary N) is 1. The van der Waals surface area contributed by atoms with Gasteiger partial charge in [0.1, 0.15) is 0 Å². The van der Waals surface area contributed by atoms with E-state index in [4.69, 9.17) is 4.74 Å². The van der Waals surface area contributed by atoms with E-state index in [0.29, 0.717) is 10.0 Å². The zero-order valence-corrected chi connectivity index (χ0v) is 19.6. The van der Waals surface area contributed by atoms with Crippen molar-refractivity contribution in [2.75, 3.05) is 7.11 Å². The highest BCUT2D eigenvalue weighted by Gasteiger charge is 2.70. The SMILES string of the molecule is COC(=O)C1C(=O)NC(=O)C12c1ccccc1S(=O)(=O)N2Cc1ccc2ccccc2c1Br. The van der Waals surface area contributed by atoms with E-state index in [-0.39, 0.29) is 17.0 Å². The number of carbonyl (C=O) groups excluding carboxylic acids is 3. The van der Waals surface area contributed by atoms with E-state index in [2.05, 4.69) is 21.2 Å². The van der Waals surface area contributed by atoms with Crippen LogP contribution in [-0.2, 0) is 41.2 Å². The Bertz CT molecular complexity index is 1470. The predicted molar refractivity (Wildman–Crippen MR) is 121 cm³/mol. The third-order valence-electron chi connectivity index (χ3n) is 6.22. The minimum Gasteiger partial charge on any atom is -0.468 e. The smallest absolute Gasteiger partial charge is 0.321 e. The lowest BCUT2D eigenvalue weighted by Gasteiger charge is -2.34. The topological polar surface area (TPSA) is 110 Å². The third kappa shape index (κ3) is 2.84. The van der Waals surface area contributed by atoms with Crippen molar-refractivity contribution in [1.82, 2.24) is 9.62 Å². The van der Waals surface area contributed by atoms with Crippen molar-refractivity contribution >= 4 is 54.5 Å². The Balaban J connectivity index is 1.77. The first kappa shape index (κ1) is 21.7. The van der Waals surface area contributed by atoms with Crippen LogP contribution in [0.2, 0.25) is 0 Å². The summed E-state index contributed by atoms with van der Waals surface area (Å²) in [7, 11) is -3.16. The van der Waals surface area contributed by atoms with Gasteiger partial charge in [-0.15, -0.1) is 0 Å². The largest absolute Gasteiger partial charge is 0.468 e. The fourth-order valence-electron chi connectivity index (χ4n) is 4.75. The molecule has 2 heterocycles.